The molecule has 0 spiro atoms. The Bertz CT molecular complexity index is 363. The Hall–Kier alpha value is -1.20. The highest BCUT2D eigenvalue weighted by Crippen LogP contribution is 2.14. The smallest absolute Gasteiger partial charge is 0.254 e. The van der Waals surface area contributed by atoms with E-state index in [0.717, 1.165) is 12.1 Å². The molecular weight excluding hydrogens is 224 g/mol. The zero-order valence-corrected chi connectivity index (χ0v) is 10.3. The fourth-order valence-corrected chi connectivity index (χ4v) is 1.71. The molecule has 1 amide bonds. The number of aryl methyl sites for hydroxylation is 1. The number of rotatable bonds is 6. The number of carbonyl (C=O) groups is 1. The van der Waals surface area contributed by atoms with Crippen LogP contribution in [-0.4, -0.2) is 23.6 Å². The van der Waals surface area contributed by atoms with Crippen molar-refractivity contribution in [2.75, 3.05) is 11.9 Å². The van der Waals surface area contributed by atoms with Gasteiger partial charge in [0.05, 0.1) is 12.3 Å². The predicted octanol–water partition coefficient (Wildman–Crippen LogP) is 2.37. The SMILES string of the molecule is C=CCCOC(C)C(=O)Nc1nc(C)cs1. The van der Waals surface area contributed by atoms with E-state index in [1.165, 1.54) is 11.3 Å². The van der Waals surface area contributed by atoms with Gasteiger partial charge in [0.1, 0.15) is 6.10 Å². The van der Waals surface area contributed by atoms with Crippen LogP contribution >= 0.6 is 11.3 Å². The number of amides is 1. The van der Waals surface area contributed by atoms with E-state index in [4.69, 9.17) is 4.74 Å². The van der Waals surface area contributed by atoms with Crippen LogP contribution < -0.4 is 5.32 Å². The summed E-state index contributed by atoms with van der Waals surface area (Å²) in [4.78, 5) is 15.8. The lowest BCUT2D eigenvalue weighted by atomic mass is 10.3. The van der Waals surface area contributed by atoms with Crippen LogP contribution in [0, 0.1) is 6.92 Å². The highest BCUT2D eigenvalue weighted by atomic mass is 32.1. The third-order valence-electron chi connectivity index (χ3n) is 1.91. The van der Waals surface area contributed by atoms with Crippen LogP contribution in [0.4, 0.5) is 5.13 Å². The summed E-state index contributed by atoms with van der Waals surface area (Å²) >= 11 is 1.41. The van der Waals surface area contributed by atoms with Gasteiger partial charge in [0.15, 0.2) is 5.13 Å². The van der Waals surface area contributed by atoms with Crippen LogP contribution in [0.5, 0.6) is 0 Å². The molecule has 1 N–H and O–H groups in total. The number of aromatic nitrogens is 1. The molecule has 0 aliphatic heterocycles. The van der Waals surface area contributed by atoms with E-state index in [0.29, 0.717) is 11.7 Å². The Balaban J connectivity index is 2.36. The Morgan fingerprint density at radius 2 is 2.56 bits per heavy atom. The standard InChI is InChI=1S/C11H16N2O2S/c1-4-5-6-15-9(3)10(14)13-11-12-8(2)7-16-11/h4,7,9H,1,5-6H2,2-3H3,(H,12,13,14). The second kappa shape index (κ2) is 6.40. The molecule has 88 valence electrons. The maximum absolute atomic E-state index is 11.6. The number of thiazole rings is 1. The summed E-state index contributed by atoms with van der Waals surface area (Å²) in [5, 5.41) is 5.21. The first kappa shape index (κ1) is 12.9. The maximum atomic E-state index is 11.6. The first-order valence-electron chi connectivity index (χ1n) is 5.09. The molecule has 0 radical (unpaired) electrons. The van der Waals surface area contributed by atoms with E-state index < -0.39 is 6.10 Å². The molecule has 1 unspecified atom stereocenters. The maximum Gasteiger partial charge on any atom is 0.254 e. The van der Waals surface area contributed by atoms with Crippen molar-refractivity contribution < 1.29 is 9.53 Å². The van der Waals surface area contributed by atoms with E-state index in [1.807, 2.05) is 12.3 Å². The summed E-state index contributed by atoms with van der Waals surface area (Å²) in [5.41, 5.74) is 0.903. The molecule has 4 nitrogen and oxygen atoms in total. The molecule has 1 heterocycles. The van der Waals surface area contributed by atoms with Gasteiger partial charge in [-0.2, -0.15) is 0 Å². The molecule has 0 bridgehead atoms. The van der Waals surface area contributed by atoms with E-state index in [1.54, 1.807) is 13.0 Å². The van der Waals surface area contributed by atoms with Crippen molar-refractivity contribution in [3.8, 4) is 0 Å². The Morgan fingerprint density at radius 1 is 1.81 bits per heavy atom. The van der Waals surface area contributed by atoms with Gasteiger partial charge in [0.25, 0.3) is 5.91 Å². The van der Waals surface area contributed by atoms with Crippen LogP contribution in [0.1, 0.15) is 19.0 Å². The minimum Gasteiger partial charge on any atom is -0.368 e. The number of anilines is 1. The van der Waals surface area contributed by atoms with Gasteiger partial charge in [-0.15, -0.1) is 17.9 Å². The summed E-state index contributed by atoms with van der Waals surface area (Å²) in [5.74, 6) is -0.168. The van der Waals surface area contributed by atoms with E-state index in [-0.39, 0.29) is 5.91 Å². The molecular formula is C11H16N2O2S. The van der Waals surface area contributed by atoms with Crippen molar-refractivity contribution in [2.45, 2.75) is 26.4 Å². The number of carbonyl (C=O) groups excluding carboxylic acids is 1. The van der Waals surface area contributed by atoms with E-state index in [9.17, 15) is 4.79 Å². The fraction of sp³-hybridized carbons (Fsp3) is 0.455. The molecule has 1 aromatic heterocycles. The van der Waals surface area contributed by atoms with Crippen LogP contribution in [0.3, 0.4) is 0 Å². The molecule has 0 fully saturated rings. The number of hydrogen-bond acceptors (Lipinski definition) is 4. The molecule has 1 rings (SSSR count). The lowest BCUT2D eigenvalue weighted by molar-refractivity contribution is -0.126. The van der Waals surface area contributed by atoms with Gasteiger partial charge in [-0.3, -0.25) is 10.1 Å². The molecule has 5 heteroatoms. The summed E-state index contributed by atoms with van der Waals surface area (Å²) in [6, 6.07) is 0. The topological polar surface area (TPSA) is 51.2 Å². The van der Waals surface area contributed by atoms with Crippen molar-refractivity contribution in [1.82, 2.24) is 4.98 Å². The lowest BCUT2D eigenvalue weighted by Gasteiger charge is -2.10. The van der Waals surface area contributed by atoms with Crippen LogP contribution in [0.2, 0.25) is 0 Å². The van der Waals surface area contributed by atoms with Gasteiger partial charge >= 0.3 is 0 Å². The van der Waals surface area contributed by atoms with E-state index in [2.05, 4.69) is 16.9 Å². The molecule has 1 aromatic rings. The number of hydrogen-bond donors (Lipinski definition) is 1. The molecule has 0 aromatic carbocycles. The predicted molar refractivity (Wildman–Crippen MR) is 65.7 cm³/mol. The van der Waals surface area contributed by atoms with Crippen molar-refractivity contribution in [1.29, 1.82) is 0 Å². The minimum absolute atomic E-state index is 0.168. The zero-order valence-electron chi connectivity index (χ0n) is 9.53. The molecule has 16 heavy (non-hydrogen) atoms. The average Bonchev–Trinajstić information content (AvgIpc) is 2.64. The molecule has 0 saturated heterocycles. The van der Waals surface area contributed by atoms with Crippen LogP contribution in [0.25, 0.3) is 0 Å². The van der Waals surface area contributed by atoms with Crippen LogP contribution in [0.15, 0.2) is 18.0 Å². The molecule has 0 aliphatic carbocycles. The lowest BCUT2D eigenvalue weighted by Crippen LogP contribution is -2.27. The normalized spacial score (nSPS) is 12.1. The van der Waals surface area contributed by atoms with Gasteiger partial charge in [0.2, 0.25) is 0 Å². The highest BCUT2D eigenvalue weighted by molar-refractivity contribution is 7.13. The van der Waals surface area contributed by atoms with Crippen molar-refractivity contribution >= 4 is 22.4 Å². The summed E-state index contributed by atoms with van der Waals surface area (Å²) in [6.45, 7) is 7.70. The number of nitrogens with zero attached hydrogens (tertiary/aromatic N) is 1. The third-order valence-corrected chi connectivity index (χ3v) is 2.78. The summed E-state index contributed by atoms with van der Waals surface area (Å²) < 4.78 is 5.32. The quantitative estimate of drug-likeness (QED) is 0.613. The van der Waals surface area contributed by atoms with Crippen molar-refractivity contribution in [2.24, 2.45) is 0 Å². The Morgan fingerprint density at radius 3 is 3.12 bits per heavy atom. The summed E-state index contributed by atoms with van der Waals surface area (Å²) in [6.07, 6.45) is 2.03. The highest BCUT2D eigenvalue weighted by Gasteiger charge is 2.14. The third kappa shape index (κ3) is 4.12. The Labute approximate surface area is 99.3 Å². The monoisotopic (exact) mass is 240 g/mol. The first-order valence-corrected chi connectivity index (χ1v) is 5.97. The Kier molecular flexibility index (Phi) is 5.14. The fourth-order valence-electron chi connectivity index (χ4n) is 1.02. The minimum atomic E-state index is -0.468. The van der Waals surface area contributed by atoms with E-state index >= 15 is 0 Å². The first-order chi connectivity index (χ1) is 7.63. The van der Waals surface area contributed by atoms with Crippen molar-refractivity contribution in [3.63, 3.8) is 0 Å². The van der Waals surface area contributed by atoms with Gasteiger partial charge in [-0.25, -0.2) is 4.98 Å². The van der Waals surface area contributed by atoms with Gasteiger partial charge < -0.3 is 4.74 Å². The van der Waals surface area contributed by atoms with Crippen LogP contribution in [-0.2, 0) is 9.53 Å². The molecule has 0 saturated carbocycles. The number of nitrogens with one attached hydrogen (secondary N) is 1. The van der Waals surface area contributed by atoms with Gasteiger partial charge in [-0.05, 0) is 20.3 Å². The molecule has 1 atom stereocenters. The largest absolute Gasteiger partial charge is 0.368 e. The average molecular weight is 240 g/mol. The molecule has 0 aliphatic rings. The second-order valence-corrected chi connectivity index (χ2v) is 4.23. The van der Waals surface area contributed by atoms with Crippen molar-refractivity contribution in [3.05, 3.63) is 23.7 Å². The summed E-state index contributed by atoms with van der Waals surface area (Å²) in [7, 11) is 0. The second-order valence-electron chi connectivity index (χ2n) is 3.37. The number of ether oxygens (including phenoxy) is 1. The van der Waals surface area contributed by atoms with Gasteiger partial charge in [0, 0.05) is 5.38 Å². The van der Waals surface area contributed by atoms with Gasteiger partial charge in [-0.1, -0.05) is 6.08 Å². The zero-order chi connectivity index (χ0) is 12.0.